The van der Waals surface area contributed by atoms with Gasteiger partial charge in [0, 0.05) is 30.6 Å². The average Bonchev–Trinajstić information content (AvgIpc) is 2.76. The van der Waals surface area contributed by atoms with Crippen LogP contribution < -0.4 is 0 Å². The van der Waals surface area contributed by atoms with Gasteiger partial charge in [0.2, 0.25) is 0 Å². The van der Waals surface area contributed by atoms with Crippen molar-refractivity contribution in [3.8, 4) is 0 Å². The second kappa shape index (κ2) is 7.95. The molecule has 3 aromatic rings. The summed E-state index contributed by atoms with van der Waals surface area (Å²) in [5.41, 5.74) is 5.53. The Balaban J connectivity index is 1.72. The Morgan fingerprint density at radius 3 is 2.29 bits per heavy atom. The van der Waals surface area contributed by atoms with Crippen LogP contribution in [0.3, 0.4) is 0 Å². The molecule has 0 bridgehead atoms. The van der Waals surface area contributed by atoms with Crippen LogP contribution in [0.15, 0.2) is 91.5 Å². The highest BCUT2D eigenvalue weighted by Gasteiger charge is 2.34. The lowest BCUT2D eigenvalue weighted by Gasteiger charge is -2.42. The Kier molecular flexibility index (Phi) is 5.23. The Morgan fingerprint density at radius 2 is 1.57 bits per heavy atom. The van der Waals surface area contributed by atoms with Crippen LogP contribution in [-0.2, 0) is 0 Å². The van der Waals surface area contributed by atoms with E-state index in [2.05, 4.69) is 66.9 Å². The number of fused-ring (bicyclic) bond motifs is 1. The molecule has 0 saturated heterocycles. The maximum absolute atomic E-state index is 13.1. The normalized spacial score (nSPS) is 17.8. The summed E-state index contributed by atoms with van der Waals surface area (Å²) in [4.78, 5) is 15.5. The fourth-order valence-corrected chi connectivity index (χ4v) is 4.18. The zero-order chi connectivity index (χ0) is 19.5. The van der Waals surface area contributed by atoms with Gasteiger partial charge in [0.1, 0.15) is 0 Å². The molecule has 28 heavy (non-hydrogen) atoms. The molecule has 2 heteroatoms. The minimum Gasteiger partial charge on any atom is -0.294 e. The monoisotopic (exact) mass is 367 g/mol. The molecule has 0 radical (unpaired) electrons. The SMILES string of the molecule is C=C1CN([C@H](C)c2ccccc2)C(CC(=O)c2ccccc2)c2ccccc21. The molecule has 2 atom stereocenters. The molecule has 2 nitrogen and oxygen atoms in total. The molecule has 0 N–H and O–H groups in total. The zero-order valence-electron chi connectivity index (χ0n) is 16.2. The van der Waals surface area contributed by atoms with Gasteiger partial charge >= 0.3 is 0 Å². The van der Waals surface area contributed by atoms with Crippen molar-refractivity contribution in [3.05, 3.63) is 114 Å². The van der Waals surface area contributed by atoms with Crippen molar-refractivity contribution in [2.45, 2.75) is 25.4 Å². The molecular formula is C26H25NO. The fraction of sp³-hybridized carbons (Fsp3) is 0.192. The van der Waals surface area contributed by atoms with Gasteiger partial charge in [0.25, 0.3) is 0 Å². The highest BCUT2D eigenvalue weighted by atomic mass is 16.1. The topological polar surface area (TPSA) is 20.3 Å². The Morgan fingerprint density at radius 1 is 0.964 bits per heavy atom. The van der Waals surface area contributed by atoms with E-state index in [4.69, 9.17) is 0 Å². The Bertz CT molecular complexity index is 978. The van der Waals surface area contributed by atoms with Crippen molar-refractivity contribution >= 4 is 11.4 Å². The predicted octanol–water partition coefficient (Wildman–Crippen LogP) is 6.09. The molecule has 1 unspecified atom stereocenters. The number of rotatable bonds is 5. The molecule has 1 heterocycles. The van der Waals surface area contributed by atoms with Crippen LogP contribution in [0.4, 0.5) is 0 Å². The average molecular weight is 367 g/mol. The first-order valence-corrected chi connectivity index (χ1v) is 9.81. The van der Waals surface area contributed by atoms with Crippen LogP contribution >= 0.6 is 0 Å². The zero-order valence-corrected chi connectivity index (χ0v) is 16.2. The first kappa shape index (κ1) is 18.4. The Labute approximate surface area is 167 Å². The fourth-order valence-electron chi connectivity index (χ4n) is 4.18. The molecule has 1 aliphatic rings. The lowest BCUT2D eigenvalue weighted by Crippen LogP contribution is -2.37. The minimum atomic E-state index is 0.0320. The van der Waals surface area contributed by atoms with Crippen LogP contribution in [0.25, 0.3) is 5.57 Å². The summed E-state index contributed by atoms with van der Waals surface area (Å²) < 4.78 is 0. The number of ketones is 1. The third-order valence-electron chi connectivity index (χ3n) is 5.73. The summed E-state index contributed by atoms with van der Waals surface area (Å²) in [5.74, 6) is 0.179. The maximum atomic E-state index is 13.1. The van der Waals surface area contributed by atoms with Crippen molar-refractivity contribution in [3.63, 3.8) is 0 Å². The van der Waals surface area contributed by atoms with Crippen molar-refractivity contribution in [2.75, 3.05) is 6.54 Å². The van der Waals surface area contributed by atoms with Gasteiger partial charge in [-0.2, -0.15) is 0 Å². The second-order valence-electron chi connectivity index (χ2n) is 7.46. The van der Waals surface area contributed by atoms with E-state index in [9.17, 15) is 4.79 Å². The lowest BCUT2D eigenvalue weighted by molar-refractivity contribution is 0.0884. The molecule has 3 aromatic carbocycles. The highest BCUT2D eigenvalue weighted by molar-refractivity contribution is 5.96. The lowest BCUT2D eigenvalue weighted by atomic mass is 9.85. The van der Waals surface area contributed by atoms with Gasteiger partial charge in [-0.15, -0.1) is 0 Å². The summed E-state index contributed by atoms with van der Waals surface area (Å²) in [6.45, 7) is 7.31. The number of carbonyl (C=O) groups is 1. The Hall–Kier alpha value is -2.97. The van der Waals surface area contributed by atoms with Gasteiger partial charge in [-0.05, 0) is 29.2 Å². The van der Waals surface area contributed by atoms with E-state index in [0.717, 1.165) is 17.7 Å². The molecule has 0 fully saturated rings. The van der Waals surface area contributed by atoms with Crippen LogP contribution in [0.1, 0.15) is 52.5 Å². The van der Waals surface area contributed by atoms with E-state index in [0.29, 0.717) is 6.42 Å². The van der Waals surface area contributed by atoms with E-state index >= 15 is 0 Å². The first-order chi connectivity index (χ1) is 13.6. The molecule has 0 saturated carbocycles. The second-order valence-corrected chi connectivity index (χ2v) is 7.46. The number of benzene rings is 3. The summed E-state index contributed by atoms with van der Waals surface area (Å²) >= 11 is 0. The van der Waals surface area contributed by atoms with E-state index in [1.165, 1.54) is 16.7 Å². The van der Waals surface area contributed by atoms with E-state index in [1.807, 2.05) is 36.4 Å². The van der Waals surface area contributed by atoms with E-state index in [-0.39, 0.29) is 17.9 Å². The standard InChI is InChI=1S/C26H25NO/c1-19-18-27(20(2)21-11-5-3-6-12-21)25(24-16-10-9-15-23(19)24)17-26(28)22-13-7-4-8-14-22/h3-16,20,25H,1,17-18H2,2H3/t20-,25?/m1/s1. The molecule has 0 amide bonds. The predicted molar refractivity (Wildman–Crippen MR) is 115 cm³/mol. The van der Waals surface area contributed by atoms with Crippen LogP contribution in [0.2, 0.25) is 0 Å². The summed E-state index contributed by atoms with van der Waals surface area (Å²) in [5, 5.41) is 0. The number of hydrogen-bond donors (Lipinski definition) is 0. The van der Waals surface area contributed by atoms with E-state index < -0.39 is 0 Å². The van der Waals surface area contributed by atoms with Crippen molar-refractivity contribution in [2.24, 2.45) is 0 Å². The maximum Gasteiger partial charge on any atom is 0.164 e. The highest BCUT2D eigenvalue weighted by Crippen LogP contribution is 2.41. The third-order valence-corrected chi connectivity index (χ3v) is 5.73. The molecule has 1 aliphatic heterocycles. The molecule has 140 valence electrons. The molecular weight excluding hydrogens is 342 g/mol. The first-order valence-electron chi connectivity index (χ1n) is 9.81. The van der Waals surface area contributed by atoms with Crippen molar-refractivity contribution < 1.29 is 4.79 Å². The number of hydrogen-bond acceptors (Lipinski definition) is 2. The van der Waals surface area contributed by atoms with Gasteiger partial charge in [0.15, 0.2) is 5.78 Å². The summed E-state index contributed by atoms with van der Waals surface area (Å²) in [6, 6.07) is 28.7. The summed E-state index contributed by atoms with van der Waals surface area (Å²) in [7, 11) is 0. The van der Waals surface area contributed by atoms with Crippen molar-refractivity contribution in [1.82, 2.24) is 4.90 Å². The van der Waals surface area contributed by atoms with Gasteiger partial charge < -0.3 is 0 Å². The smallest absolute Gasteiger partial charge is 0.164 e. The van der Waals surface area contributed by atoms with Crippen LogP contribution in [0.5, 0.6) is 0 Å². The van der Waals surface area contributed by atoms with Crippen LogP contribution in [0, 0.1) is 0 Å². The number of Topliss-reactive ketones (excluding diaryl/α,β-unsaturated/α-hetero) is 1. The van der Waals surface area contributed by atoms with Gasteiger partial charge in [-0.25, -0.2) is 0 Å². The van der Waals surface area contributed by atoms with Gasteiger partial charge in [0.05, 0.1) is 0 Å². The van der Waals surface area contributed by atoms with Gasteiger partial charge in [-0.3, -0.25) is 9.69 Å². The minimum absolute atomic E-state index is 0.0320. The number of nitrogens with zero attached hydrogens (tertiary/aromatic N) is 1. The molecule has 0 aromatic heterocycles. The quantitative estimate of drug-likeness (QED) is 0.509. The van der Waals surface area contributed by atoms with E-state index in [1.54, 1.807) is 0 Å². The van der Waals surface area contributed by atoms with Crippen LogP contribution in [-0.4, -0.2) is 17.2 Å². The molecule has 0 spiro atoms. The third kappa shape index (κ3) is 3.56. The van der Waals surface area contributed by atoms with Crippen molar-refractivity contribution in [1.29, 1.82) is 0 Å². The largest absolute Gasteiger partial charge is 0.294 e. The molecule has 0 aliphatic carbocycles. The summed E-state index contributed by atoms with van der Waals surface area (Å²) in [6.07, 6.45) is 0.464. The van der Waals surface area contributed by atoms with Gasteiger partial charge in [-0.1, -0.05) is 91.5 Å². The number of carbonyl (C=O) groups excluding carboxylic acids is 1. The molecule has 4 rings (SSSR count).